The summed E-state index contributed by atoms with van der Waals surface area (Å²) in [5, 5.41) is 11.1. The quantitative estimate of drug-likeness (QED) is 0.500. The van der Waals surface area contributed by atoms with Crippen molar-refractivity contribution in [3.63, 3.8) is 0 Å². The largest absolute Gasteiger partial charge is 0.481 e. The minimum Gasteiger partial charge on any atom is -0.481 e. The van der Waals surface area contributed by atoms with Crippen LogP contribution in [-0.2, 0) is 9.59 Å². The molecule has 0 spiro atoms. The summed E-state index contributed by atoms with van der Waals surface area (Å²) in [6.45, 7) is 0.464. The molecule has 0 heterocycles. The molecule has 0 saturated heterocycles. The normalized spacial score (nSPS) is 11.8. The van der Waals surface area contributed by atoms with Gasteiger partial charge in [0.15, 0.2) is 0 Å². The number of carboxylic acids is 1. The maximum Gasteiger partial charge on any atom is 0.305 e. The third-order valence-electron chi connectivity index (χ3n) is 2.14. The molecule has 5 nitrogen and oxygen atoms in total. The summed E-state index contributed by atoms with van der Waals surface area (Å²) >= 11 is 1.62. The number of thioether (sulfide) groups is 1. The van der Waals surface area contributed by atoms with E-state index in [1.54, 1.807) is 11.8 Å². The molecule has 98 valence electrons. The Morgan fingerprint density at radius 3 is 2.61 bits per heavy atom. The van der Waals surface area contributed by atoms with Crippen LogP contribution in [-0.4, -0.2) is 35.3 Å². The summed E-state index contributed by atoms with van der Waals surface area (Å²) in [7, 11) is 0. The van der Waals surface area contributed by atoms with Crippen molar-refractivity contribution in [2.75, 3.05) is 12.3 Å². The highest BCUT2D eigenvalue weighted by atomic mass is 32.2. The molecular weight excluding hydrogens is 252 g/mol. The van der Waals surface area contributed by atoms with E-state index in [9.17, 15) is 9.59 Å². The molecule has 0 bridgehead atoms. The van der Waals surface area contributed by atoms with Crippen LogP contribution in [0.4, 0.5) is 0 Å². The van der Waals surface area contributed by atoms with Gasteiger partial charge in [-0.05, 0) is 12.1 Å². The first-order chi connectivity index (χ1) is 8.59. The van der Waals surface area contributed by atoms with Crippen molar-refractivity contribution in [1.82, 2.24) is 5.32 Å². The molecule has 0 fully saturated rings. The smallest absolute Gasteiger partial charge is 0.305 e. The van der Waals surface area contributed by atoms with Crippen molar-refractivity contribution in [3.8, 4) is 0 Å². The molecule has 4 N–H and O–H groups in total. The van der Waals surface area contributed by atoms with Crippen LogP contribution in [0.2, 0.25) is 0 Å². The van der Waals surface area contributed by atoms with Crippen molar-refractivity contribution in [2.45, 2.75) is 17.4 Å². The molecule has 0 aliphatic heterocycles. The Morgan fingerprint density at radius 1 is 1.33 bits per heavy atom. The van der Waals surface area contributed by atoms with Crippen molar-refractivity contribution >= 4 is 23.6 Å². The number of benzene rings is 1. The Bertz CT molecular complexity index is 398. The zero-order chi connectivity index (χ0) is 13.4. The molecule has 1 unspecified atom stereocenters. The average molecular weight is 268 g/mol. The number of amides is 1. The van der Waals surface area contributed by atoms with Gasteiger partial charge in [0.05, 0.1) is 12.5 Å². The van der Waals surface area contributed by atoms with Gasteiger partial charge in [-0.3, -0.25) is 9.59 Å². The van der Waals surface area contributed by atoms with Gasteiger partial charge in [-0.15, -0.1) is 11.8 Å². The molecule has 6 heteroatoms. The maximum absolute atomic E-state index is 11.4. The minimum absolute atomic E-state index is 0.350. The second kappa shape index (κ2) is 7.73. The second-order valence-electron chi connectivity index (χ2n) is 3.66. The van der Waals surface area contributed by atoms with Crippen LogP contribution in [0.25, 0.3) is 0 Å². The molecule has 18 heavy (non-hydrogen) atoms. The third kappa shape index (κ3) is 5.70. The molecule has 0 aromatic heterocycles. The fourth-order valence-electron chi connectivity index (χ4n) is 1.27. The van der Waals surface area contributed by atoms with E-state index in [4.69, 9.17) is 10.8 Å². The molecule has 1 atom stereocenters. The number of nitrogens with two attached hydrogens (primary N) is 1. The topological polar surface area (TPSA) is 92.4 Å². The van der Waals surface area contributed by atoms with E-state index in [0.29, 0.717) is 6.54 Å². The van der Waals surface area contributed by atoms with Crippen LogP contribution < -0.4 is 11.1 Å². The van der Waals surface area contributed by atoms with E-state index in [1.165, 1.54) is 0 Å². The zero-order valence-corrected chi connectivity index (χ0v) is 10.7. The highest BCUT2D eigenvalue weighted by Gasteiger charge is 2.15. The lowest BCUT2D eigenvalue weighted by Crippen LogP contribution is -2.42. The van der Waals surface area contributed by atoms with Crippen LogP contribution in [0.3, 0.4) is 0 Å². The summed E-state index contributed by atoms with van der Waals surface area (Å²) in [4.78, 5) is 22.9. The van der Waals surface area contributed by atoms with Crippen molar-refractivity contribution in [3.05, 3.63) is 30.3 Å². The predicted octanol–water partition coefficient (Wildman–Crippen LogP) is 0.697. The van der Waals surface area contributed by atoms with Gasteiger partial charge in [-0.25, -0.2) is 0 Å². The van der Waals surface area contributed by atoms with E-state index in [-0.39, 0.29) is 6.42 Å². The van der Waals surface area contributed by atoms with E-state index >= 15 is 0 Å². The van der Waals surface area contributed by atoms with Crippen LogP contribution in [0.5, 0.6) is 0 Å². The van der Waals surface area contributed by atoms with E-state index in [0.717, 1.165) is 10.6 Å². The first kappa shape index (κ1) is 14.5. The fourth-order valence-corrected chi connectivity index (χ4v) is 2.06. The van der Waals surface area contributed by atoms with Gasteiger partial charge in [-0.2, -0.15) is 0 Å². The molecular formula is C12H16N2O3S. The van der Waals surface area contributed by atoms with E-state index in [2.05, 4.69) is 5.32 Å². The van der Waals surface area contributed by atoms with Crippen LogP contribution >= 0.6 is 11.8 Å². The number of hydrogen-bond donors (Lipinski definition) is 3. The Labute approximate surface area is 110 Å². The van der Waals surface area contributed by atoms with Gasteiger partial charge in [0, 0.05) is 17.2 Å². The highest BCUT2D eigenvalue weighted by Crippen LogP contribution is 2.15. The summed E-state index contributed by atoms with van der Waals surface area (Å²) in [6.07, 6.45) is -0.350. The number of hydrogen-bond acceptors (Lipinski definition) is 4. The molecule has 1 aromatic carbocycles. The van der Waals surface area contributed by atoms with Crippen LogP contribution in [0.15, 0.2) is 35.2 Å². The Kier molecular flexibility index (Phi) is 6.24. The first-order valence-corrected chi connectivity index (χ1v) is 6.51. The lowest BCUT2D eigenvalue weighted by molar-refractivity contribution is -0.139. The van der Waals surface area contributed by atoms with E-state index < -0.39 is 17.9 Å². The van der Waals surface area contributed by atoms with E-state index in [1.807, 2.05) is 30.3 Å². The van der Waals surface area contributed by atoms with Crippen molar-refractivity contribution < 1.29 is 14.7 Å². The lowest BCUT2D eigenvalue weighted by atomic mass is 10.2. The third-order valence-corrected chi connectivity index (χ3v) is 3.16. The fraction of sp³-hybridized carbons (Fsp3) is 0.333. The number of carbonyl (C=O) groups is 2. The Morgan fingerprint density at radius 2 is 2.00 bits per heavy atom. The molecule has 0 aliphatic rings. The average Bonchev–Trinajstić information content (AvgIpc) is 2.34. The number of aliphatic carboxylic acids is 1. The lowest BCUT2D eigenvalue weighted by Gasteiger charge is -2.09. The summed E-state index contributed by atoms with van der Waals surface area (Å²) in [6, 6.07) is 8.83. The van der Waals surface area contributed by atoms with Gasteiger partial charge in [-0.1, -0.05) is 18.2 Å². The monoisotopic (exact) mass is 268 g/mol. The standard InChI is InChI=1S/C12H16N2O3S/c13-10(8-11(15)16)12(17)14-6-7-18-9-4-2-1-3-5-9/h1-5,10H,6-8,13H2,(H,14,17)(H,15,16). The SMILES string of the molecule is NC(CC(=O)O)C(=O)NCCSc1ccccc1. The molecule has 1 aromatic rings. The number of rotatable bonds is 7. The summed E-state index contributed by atoms with van der Waals surface area (Å²) < 4.78 is 0. The zero-order valence-electron chi connectivity index (χ0n) is 9.83. The van der Waals surface area contributed by atoms with Crippen LogP contribution in [0.1, 0.15) is 6.42 Å². The van der Waals surface area contributed by atoms with Gasteiger partial charge in [0.2, 0.25) is 5.91 Å². The number of carboxylic acid groups (broad SMARTS) is 1. The molecule has 0 aliphatic carbocycles. The first-order valence-electron chi connectivity index (χ1n) is 5.52. The molecule has 1 amide bonds. The molecule has 0 radical (unpaired) electrons. The predicted molar refractivity (Wildman–Crippen MR) is 70.4 cm³/mol. The Balaban J connectivity index is 2.18. The number of nitrogens with one attached hydrogen (secondary N) is 1. The van der Waals surface area contributed by atoms with Gasteiger partial charge in [0.25, 0.3) is 0 Å². The van der Waals surface area contributed by atoms with Crippen molar-refractivity contribution in [2.24, 2.45) is 5.73 Å². The van der Waals surface area contributed by atoms with Gasteiger partial charge >= 0.3 is 5.97 Å². The molecule has 0 saturated carbocycles. The summed E-state index contributed by atoms with van der Waals surface area (Å²) in [5.74, 6) is -0.780. The van der Waals surface area contributed by atoms with Gasteiger partial charge in [0.1, 0.15) is 0 Å². The number of carbonyl (C=O) groups excluding carboxylic acids is 1. The minimum atomic E-state index is -1.07. The van der Waals surface area contributed by atoms with Crippen LogP contribution in [0, 0.1) is 0 Å². The van der Waals surface area contributed by atoms with Gasteiger partial charge < -0.3 is 16.2 Å². The molecule has 1 rings (SSSR count). The summed E-state index contributed by atoms with van der Waals surface area (Å²) in [5.41, 5.74) is 5.41. The van der Waals surface area contributed by atoms with Crippen molar-refractivity contribution in [1.29, 1.82) is 0 Å². The highest BCUT2D eigenvalue weighted by molar-refractivity contribution is 7.99. The maximum atomic E-state index is 11.4. The Hall–Kier alpha value is -1.53. The second-order valence-corrected chi connectivity index (χ2v) is 4.83.